The molecule has 28 heavy (non-hydrogen) atoms. The first kappa shape index (κ1) is 16.7. The number of aryl methyl sites for hydroxylation is 1. The van der Waals surface area contributed by atoms with Crippen LogP contribution >= 0.6 is 0 Å². The van der Waals surface area contributed by atoms with E-state index in [-0.39, 0.29) is 18.0 Å². The Morgan fingerprint density at radius 3 is 2.71 bits per heavy atom. The normalized spacial score (nSPS) is 13.5. The van der Waals surface area contributed by atoms with E-state index in [0.717, 1.165) is 16.5 Å². The maximum Gasteiger partial charge on any atom is 0.271 e. The van der Waals surface area contributed by atoms with Crippen LogP contribution in [0.25, 0.3) is 22.0 Å². The number of nitrogens with one attached hydrogen (secondary N) is 1. The first-order valence-corrected chi connectivity index (χ1v) is 8.87. The predicted octanol–water partition coefficient (Wildman–Crippen LogP) is 4.00. The number of rotatable bonds is 3. The van der Waals surface area contributed by atoms with Crippen molar-refractivity contribution in [2.24, 2.45) is 7.05 Å². The quantitative estimate of drug-likeness (QED) is 0.586. The van der Waals surface area contributed by atoms with Crippen molar-refractivity contribution < 1.29 is 13.6 Å². The molecular formula is C21H16F2N4O. The van der Waals surface area contributed by atoms with Gasteiger partial charge in [0.15, 0.2) is 0 Å². The third-order valence-corrected chi connectivity index (χ3v) is 5.16. The average molecular weight is 378 g/mol. The van der Waals surface area contributed by atoms with E-state index in [1.54, 1.807) is 24.0 Å². The fourth-order valence-electron chi connectivity index (χ4n) is 3.81. The van der Waals surface area contributed by atoms with Gasteiger partial charge in [0.05, 0.1) is 12.1 Å². The van der Waals surface area contributed by atoms with Crippen LogP contribution < -0.4 is 0 Å². The largest absolute Gasteiger partial charge is 0.357 e. The molecule has 5 rings (SSSR count). The first-order valence-electron chi connectivity index (χ1n) is 8.87. The molecule has 140 valence electrons. The summed E-state index contributed by atoms with van der Waals surface area (Å²) in [4.78, 5) is 16.7. The zero-order chi connectivity index (χ0) is 19.4. The van der Waals surface area contributed by atoms with Gasteiger partial charge in [-0.3, -0.25) is 9.48 Å². The summed E-state index contributed by atoms with van der Waals surface area (Å²) >= 11 is 0. The standard InChI is InChI=1S/C21H16F2N4O/c1-26-10-15-14(3-2-4-19(15)25-26)13-7-17(22)16(18(23)8-13)11-27-9-12-5-6-24-20(12)21(27)28/h2-8,10,24H,9,11H2,1H3. The van der Waals surface area contributed by atoms with E-state index >= 15 is 0 Å². The third-order valence-electron chi connectivity index (χ3n) is 5.16. The van der Waals surface area contributed by atoms with E-state index in [4.69, 9.17) is 0 Å². The lowest BCUT2D eigenvalue weighted by Crippen LogP contribution is -2.25. The predicted molar refractivity (Wildman–Crippen MR) is 100 cm³/mol. The number of H-pyrrole nitrogens is 1. The van der Waals surface area contributed by atoms with Gasteiger partial charge in [0.25, 0.3) is 5.91 Å². The van der Waals surface area contributed by atoms with Crippen LogP contribution in [-0.2, 0) is 20.1 Å². The molecule has 0 fully saturated rings. The second-order valence-electron chi connectivity index (χ2n) is 7.00. The first-order chi connectivity index (χ1) is 13.5. The summed E-state index contributed by atoms with van der Waals surface area (Å²) in [5.74, 6) is -1.58. The Labute approximate surface area is 159 Å². The van der Waals surface area contributed by atoms with E-state index in [9.17, 15) is 13.6 Å². The molecule has 0 bridgehead atoms. The number of benzene rings is 2. The van der Waals surface area contributed by atoms with Gasteiger partial charge in [-0.2, -0.15) is 5.10 Å². The van der Waals surface area contributed by atoms with Crippen molar-refractivity contribution in [3.8, 4) is 11.1 Å². The van der Waals surface area contributed by atoms with E-state index in [1.807, 2.05) is 24.4 Å². The molecule has 1 N–H and O–H groups in total. The molecule has 1 amide bonds. The fraction of sp³-hybridized carbons (Fsp3) is 0.143. The molecule has 3 heterocycles. The van der Waals surface area contributed by atoms with Crippen LogP contribution in [-0.4, -0.2) is 25.6 Å². The number of nitrogens with zero attached hydrogens (tertiary/aromatic N) is 3. The number of amides is 1. The van der Waals surface area contributed by atoms with Crippen molar-refractivity contribution >= 4 is 16.8 Å². The number of halogens is 2. The maximum absolute atomic E-state index is 14.8. The van der Waals surface area contributed by atoms with Gasteiger partial charge in [0.2, 0.25) is 0 Å². The molecule has 7 heteroatoms. The Morgan fingerprint density at radius 2 is 1.96 bits per heavy atom. The SMILES string of the molecule is Cn1cc2c(-c3cc(F)c(CN4Cc5cc[nH]c5C4=O)c(F)c3)cccc2n1. The lowest BCUT2D eigenvalue weighted by Gasteiger charge is -2.17. The summed E-state index contributed by atoms with van der Waals surface area (Å²) in [6.07, 6.45) is 3.51. The number of fused-ring (bicyclic) bond motifs is 2. The molecule has 0 unspecified atom stereocenters. The molecule has 4 aromatic rings. The van der Waals surface area contributed by atoms with Crippen LogP contribution in [0.4, 0.5) is 8.78 Å². The van der Waals surface area contributed by atoms with Gasteiger partial charge in [0.1, 0.15) is 17.3 Å². The third kappa shape index (κ3) is 2.51. The number of aromatic amines is 1. The number of hydrogen-bond acceptors (Lipinski definition) is 2. The van der Waals surface area contributed by atoms with Gasteiger partial charge in [-0.05, 0) is 35.4 Å². The summed E-state index contributed by atoms with van der Waals surface area (Å²) in [6, 6.07) is 9.92. The highest BCUT2D eigenvalue weighted by Crippen LogP contribution is 2.32. The minimum absolute atomic E-state index is 0.111. The monoisotopic (exact) mass is 378 g/mol. The highest BCUT2D eigenvalue weighted by molar-refractivity contribution is 5.96. The zero-order valence-corrected chi connectivity index (χ0v) is 15.0. The minimum atomic E-state index is -0.667. The molecule has 0 saturated carbocycles. The molecule has 0 saturated heterocycles. The van der Waals surface area contributed by atoms with Crippen LogP contribution in [0.15, 0.2) is 48.8 Å². The summed E-state index contributed by atoms with van der Waals surface area (Å²) in [7, 11) is 1.80. The lowest BCUT2D eigenvalue weighted by atomic mass is 9.99. The van der Waals surface area contributed by atoms with E-state index < -0.39 is 11.6 Å². The van der Waals surface area contributed by atoms with E-state index in [2.05, 4.69) is 10.1 Å². The Balaban J connectivity index is 1.51. The van der Waals surface area contributed by atoms with Crippen LogP contribution in [0.3, 0.4) is 0 Å². The molecule has 1 aliphatic rings. The van der Waals surface area contributed by atoms with Crippen LogP contribution in [0, 0.1) is 11.6 Å². The summed E-state index contributed by atoms with van der Waals surface area (Å²) < 4.78 is 31.3. The topological polar surface area (TPSA) is 53.9 Å². The van der Waals surface area contributed by atoms with Gasteiger partial charge in [-0.1, -0.05) is 12.1 Å². The molecule has 0 spiro atoms. The smallest absolute Gasteiger partial charge is 0.271 e. The van der Waals surface area contributed by atoms with Gasteiger partial charge in [-0.25, -0.2) is 8.78 Å². The highest BCUT2D eigenvalue weighted by Gasteiger charge is 2.30. The van der Waals surface area contributed by atoms with Crippen molar-refractivity contribution in [3.63, 3.8) is 0 Å². The summed E-state index contributed by atoms with van der Waals surface area (Å²) in [5, 5.41) is 5.16. The molecule has 5 nitrogen and oxygen atoms in total. The van der Waals surface area contributed by atoms with Crippen molar-refractivity contribution in [2.45, 2.75) is 13.1 Å². The number of hydrogen-bond donors (Lipinski definition) is 1. The van der Waals surface area contributed by atoms with Crippen LogP contribution in [0.2, 0.25) is 0 Å². The average Bonchev–Trinajstić information content (AvgIpc) is 3.33. The molecule has 2 aromatic heterocycles. The van der Waals surface area contributed by atoms with Crippen LogP contribution in [0.5, 0.6) is 0 Å². The maximum atomic E-state index is 14.8. The Hall–Kier alpha value is -3.48. The van der Waals surface area contributed by atoms with Crippen LogP contribution in [0.1, 0.15) is 21.6 Å². The van der Waals surface area contributed by atoms with Gasteiger partial charge in [-0.15, -0.1) is 0 Å². The Morgan fingerprint density at radius 1 is 1.18 bits per heavy atom. The number of carbonyl (C=O) groups is 1. The van der Waals surface area contributed by atoms with Crippen molar-refractivity contribution in [1.29, 1.82) is 0 Å². The Bertz CT molecular complexity index is 1220. The van der Waals surface area contributed by atoms with E-state index in [0.29, 0.717) is 23.4 Å². The Kier molecular flexibility index (Phi) is 3.58. The molecule has 0 radical (unpaired) electrons. The number of carbonyl (C=O) groups excluding carboxylic acids is 1. The zero-order valence-electron chi connectivity index (χ0n) is 15.0. The van der Waals surface area contributed by atoms with Crippen molar-refractivity contribution in [3.05, 3.63) is 77.2 Å². The van der Waals surface area contributed by atoms with Gasteiger partial charge < -0.3 is 9.88 Å². The summed E-state index contributed by atoms with van der Waals surface area (Å²) in [6.45, 7) is 0.226. The molecular weight excluding hydrogens is 362 g/mol. The second kappa shape index (κ2) is 6.02. The minimum Gasteiger partial charge on any atom is -0.357 e. The second-order valence-corrected chi connectivity index (χ2v) is 7.00. The van der Waals surface area contributed by atoms with Gasteiger partial charge >= 0.3 is 0 Å². The van der Waals surface area contributed by atoms with Crippen molar-refractivity contribution in [1.82, 2.24) is 19.7 Å². The summed E-state index contributed by atoms with van der Waals surface area (Å²) in [5.41, 5.74) is 3.12. The van der Waals surface area contributed by atoms with E-state index in [1.165, 1.54) is 17.0 Å². The van der Waals surface area contributed by atoms with Crippen molar-refractivity contribution in [2.75, 3.05) is 0 Å². The molecule has 0 aliphatic carbocycles. The fourth-order valence-corrected chi connectivity index (χ4v) is 3.81. The molecule has 0 atom stereocenters. The number of aromatic nitrogens is 3. The highest BCUT2D eigenvalue weighted by atomic mass is 19.1. The van der Waals surface area contributed by atoms with Gasteiger partial charge in [0, 0.05) is 42.5 Å². The lowest BCUT2D eigenvalue weighted by molar-refractivity contribution is 0.0758. The molecule has 2 aromatic carbocycles. The molecule has 1 aliphatic heterocycles.